The molecule has 0 radical (unpaired) electrons. The summed E-state index contributed by atoms with van der Waals surface area (Å²) in [4.78, 5) is 11.6. The third-order valence-corrected chi connectivity index (χ3v) is 3.50. The van der Waals surface area contributed by atoms with Crippen LogP contribution in [0.25, 0.3) is 0 Å². The molecule has 0 bridgehead atoms. The molecule has 2 amide bonds. The van der Waals surface area contributed by atoms with E-state index in [1.54, 1.807) is 12.1 Å². The number of halogens is 1. The van der Waals surface area contributed by atoms with Crippen LogP contribution in [0.4, 0.5) is 4.79 Å². The van der Waals surface area contributed by atoms with Crippen molar-refractivity contribution < 1.29 is 9.90 Å². The number of rotatable bonds is 6. The van der Waals surface area contributed by atoms with E-state index in [1.165, 1.54) is 0 Å². The fourth-order valence-electron chi connectivity index (χ4n) is 2.02. The van der Waals surface area contributed by atoms with Crippen LogP contribution in [-0.4, -0.2) is 24.2 Å². The molecule has 2 aromatic rings. The molecule has 0 fully saturated rings. The molecule has 0 aliphatic rings. The number of hydrogen-bond donors (Lipinski definition) is 3. The molecule has 0 saturated carbocycles. The number of carbonyl (C=O) groups is 1. The molecule has 0 spiro atoms. The molecule has 0 aromatic heterocycles. The Kier molecular flexibility index (Phi) is 6.10. The third-order valence-electron chi connectivity index (χ3n) is 3.25. The Balaban J connectivity index is 1.61. The van der Waals surface area contributed by atoms with Crippen molar-refractivity contribution in [3.05, 3.63) is 64.7 Å². The summed E-state index contributed by atoms with van der Waals surface area (Å²) in [7, 11) is 0. The first-order valence-electron chi connectivity index (χ1n) is 7.17. The van der Waals surface area contributed by atoms with Crippen molar-refractivity contribution in [1.29, 1.82) is 0 Å². The van der Waals surface area contributed by atoms with Gasteiger partial charge in [0.25, 0.3) is 0 Å². The Morgan fingerprint density at radius 2 is 1.32 bits per heavy atom. The van der Waals surface area contributed by atoms with Gasteiger partial charge in [-0.05, 0) is 48.2 Å². The lowest BCUT2D eigenvalue weighted by Crippen LogP contribution is -2.37. The van der Waals surface area contributed by atoms with E-state index < -0.39 is 0 Å². The highest BCUT2D eigenvalue weighted by Gasteiger charge is 2.00. The van der Waals surface area contributed by atoms with Crippen molar-refractivity contribution in [3.8, 4) is 5.75 Å². The zero-order valence-electron chi connectivity index (χ0n) is 12.2. The first-order valence-corrected chi connectivity index (χ1v) is 7.55. The highest BCUT2D eigenvalue weighted by molar-refractivity contribution is 6.30. The second-order valence-corrected chi connectivity index (χ2v) is 5.41. The standard InChI is InChI=1S/C17H19ClN2O2/c18-15-5-1-13(2-6-15)9-11-19-17(22)20-12-10-14-3-7-16(21)8-4-14/h1-8,21H,9-12H2,(H2,19,20,22). The van der Waals surface area contributed by atoms with Crippen molar-refractivity contribution in [1.82, 2.24) is 10.6 Å². The number of aromatic hydroxyl groups is 1. The molecule has 0 aliphatic heterocycles. The van der Waals surface area contributed by atoms with Crippen LogP contribution in [0.1, 0.15) is 11.1 Å². The number of benzene rings is 2. The van der Waals surface area contributed by atoms with Crippen LogP contribution in [0.2, 0.25) is 5.02 Å². The zero-order valence-corrected chi connectivity index (χ0v) is 12.9. The third kappa shape index (κ3) is 5.66. The SMILES string of the molecule is O=C(NCCc1ccc(O)cc1)NCCc1ccc(Cl)cc1. The van der Waals surface area contributed by atoms with Gasteiger partial charge in [0.2, 0.25) is 0 Å². The van der Waals surface area contributed by atoms with Gasteiger partial charge in [0.1, 0.15) is 5.75 Å². The number of carbonyl (C=O) groups excluding carboxylic acids is 1. The minimum atomic E-state index is -0.173. The maximum absolute atomic E-state index is 11.6. The summed E-state index contributed by atoms with van der Waals surface area (Å²) in [6.45, 7) is 1.13. The zero-order chi connectivity index (χ0) is 15.8. The Morgan fingerprint density at radius 1 is 0.864 bits per heavy atom. The Bertz CT molecular complexity index is 544. The van der Waals surface area contributed by atoms with Crippen LogP contribution in [0.5, 0.6) is 5.75 Å². The highest BCUT2D eigenvalue weighted by atomic mass is 35.5. The smallest absolute Gasteiger partial charge is 0.314 e. The summed E-state index contributed by atoms with van der Waals surface area (Å²) in [5.74, 6) is 0.247. The number of phenols is 1. The lowest BCUT2D eigenvalue weighted by Gasteiger charge is -2.08. The number of hydrogen-bond acceptors (Lipinski definition) is 2. The summed E-state index contributed by atoms with van der Waals surface area (Å²) < 4.78 is 0. The predicted octanol–water partition coefficient (Wildman–Crippen LogP) is 3.13. The van der Waals surface area contributed by atoms with Gasteiger partial charge in [-0.25, -0.2) is 4.79 Å². The molecule has 0 heterocycles. The number of nitrogens with one attached hydrogen (secondary N) is 2. The lowest BCUT2D eigenvalue weighted by atomic mass is 10.1. The van der Waals surface area contributed by atoms with Crippen molar-refractivity contribution in [2.24, 2.45) is 0 Å². The van der Waals surface area contributed by atoms with Gasteiger partial charge in [0.15, 0.2) is 0 Å². The van der Waals surface area contributed by atoms with Gasteiger partial charge >= 0.3 is 6.03 Å². The van der Waals surface area contributed by atoms with Crippen molar-refractivity contribution in [2.75, 3.05) is 13.1 Å². The number of amides is 2. The molecule has 4 nitrogen and oxygen atoms in total. The first kappa shape index (κ1) is 16.2. The summed E-state index contributed by atoms with van der Waals surface area (Å²) in [5.41, 5.74) is 2.20. The second-order valence-electron chi connectivity index (χ2n) is 4.98. The highest BCUT2D eigenvalue weighted by Crippen LogP contribution is 2.10. The summed E-state index contributed by atoms with van der Waals surface area (Å²) in [6, 6.07) is 14.4. The van der Waals surface area contributed by atoms with E-state index in [4.69, 9.17) is 11.6 Å². The lowest BCUT2D eigenvalue weighted by molar-refractivity contribution is 0.241. The maximum atomic E-state index is 11.6. The molecule has 116 valence electrons. The van der Waals surface area contributed by atoms with E-state index >= 15 is 0 Å². The van der Waals surface area contributed by atoms with Gasteiger partial charge in [-0.2, -0.15) is 0 Å². The van der Waals surface area contributed by atoms with E-state index in [-0.39, 0.29) is 11.8 Å². The molecule has 0 aliphatic carbocycles. The van der Waals surface area contributed by atoms with E-state index in [9.17, 15) is 9.90 Å². The van der Waals surface area contributed by atoms with Gasteiger partial charge in [-0.1, -0.05) is 35.9 Å². The average Bonchev–Trinajstić information content (AvgIpc) is 2.51. The molecule has 2 aromatic carbocycles. The quantitative estimate of drug-likeness (QED) is 0.766. The Hall–Kier alpha value is -2.20. The molecule has 0 unspecified atom stereocenters. The number of urea groups is 1. The molecular formula is C17H19ClN2O2. The molecule has 0 saturated heterocycles. The Morgan fingerprint density at radius 3 is 1.82 bits per heavy atom. The molecule has 2 rings (SSSR count). The summed E-state index contributed by atoms with van der Waals surface area (Å²) >= 11 is 5.82. The Labute approximate surface area is 135 Å². The molecule has 0 atom stereocenters. The van der Waals surface area contributed by atoms with E-state index in [0.717, 1.165) is 24.0 Å². The normalized spacial score (nSPS) is 10.2. The van der Waals surface area contributed by atoms with Crippen LogP contribution in [-0.2, 0) is 12.8 Å². The van der Waals surface area contributed by atoms with Crippen LogP contribution in [0, 0.1) is 0 Å². The average molecular weight is 319 g/mol. The van der Waals surface area contributed by atoms with Crippen molar-refractivity contribution >= 4 is 17.6 Å². The van der Waals surface area contributed by atoms with Crippen molar-refractivity contribution in [2.45, 2.75) is 12.8 Å². The van der Waals surface area contributed by atoms with Gasteiger partial charge in [-0.15, -0.1) is 0 Å². The minimum Gasteiger partial charge on any atom is -0.508 e. The predicted molar refractivity (Wildman–Crippen MR) is 88.4 cm³/mol. The monoisotopic (exact) mass is 318 g/mol. The fraction of sp³-hybridized carbons (Fsp3) is 0.235. The van der Waals surface area contributed by atoms with Crippen molar-refractivity contribution in [3.63, 3.8) is 0 Å². The first-order chi connectivity index (χ1) is 10.6. The summed E-state index contributed by atoms with van der Waals surface area (Å²) in [5, 5.41) is 15.5. The van der Waals surface area contributed by atoms with Gasteiger partial charge in [0, 0.05) is 18.1 Å². The summed E-state index contributed by atoms with van der Waals surface area (Å²) in [6.07, 6.45) is 1.49. The fourth-order valence-corrected chi connectivity index (χ4v) is 2.14. The largest absolute Gasteiger partial charge is 0.508 e. The van der Waals surface area contributed by atoms with Crippen LogP contribution in [0.15, 0.2) is 48.5 Å². The second kappa shape index (κ2) is 8.29. The van der Waals surface area contributed by atoms with Gasteiger partial charge < -0.3 is 15.7 Å². The maximum Gasteiger partial charge on any atom is 0.314 e. The molecule has 22 heavy (non-hydrogen) atoms. The molecule has 3 N–H and O–H groups in total. The van der Waals surface area contributed by atoms with E-state index in [0.29, 0.717) is 18.1 Å². The molecule has 5 heteroatoms. The van der Waals surface area contributed by atoms with E-state index in [1.807, 2.05) is 36.4 Å². The minimum absolute atomic E-state index is 0.173. The van der Waals surface area contributed by atoms with Crippen LogP contribution in [0.3, 0.4) is 0 Å². The van der Waals surface area contributed by atoms with Gasteiger partial charge in [-0.3, -0.25) is 0 Å². The topological polar surface area (TPSA) is 61.4 Å². The molecular weight excluding hydrogens is 300 g/mol. The van der Waals surface area contributed by atoms with Crippen LogP contribution >= 0.6 is 11.6 Å². The number of phenolic OH excluding ortho intramolecular Hbond substituents is 1. The van der Waals surface area contributed by atoms with E-state index in [2.05, 4.69) is 10.6 Å². The van der Waals surface area contributed by atoms with Crippen LogP contribution < -0.4 is 10.6 Å². The van der Waals surface area contributed by atoms with Gasteiger partial charge in [0.05, 0.1) is 0 Å².